The maximum atomic E-state index is 9.24. The average molecular weight is 284 g/mol. The van der Waals surface area contributed by atoms with Crippen molar-refractivity contribution in [3.8, 4) is 0 Å². The summed E-state index contributed by atoms with van der Waals surface area (Å²) in [6, 6.07) is 0. The maximum absolute atomic E-state index is 9.24. The van der Waals surface area contributed by atoms with Crippen molar-refractivity contribution in [3.63, 3.8) is 0 Å². The second-order valence-corrected chi connectivity index (χ2v) is 1.79. The van der Waals surface area contributed by atoms with Crippen LogP contribution in [0, 0.1) is 0 Å². The van der Waals surface area contributed by atoms with Crippen molar-refractivity contribution in [1.82, 2.24) is 0 Å². The molecular formula is C6H15N3NiO6. The van der Waals surface area contributed by atoms with Crippen LogP contribution < -0.4 is 17.2 Å². The van der Waals surface area contributed by atoms with Crippen LogP contribution in [0.3, 0.4) is 0 Å². The van der Waals surface area contributed by atoms with Crippen LogP contribution in [0.1, 0.15) is 0 Å². The molecule has 0 rings (SSSR count). The predicted octanol–water partition coefficient (Wildman–Crippen LogP) is -2.91. The average Bonchev–Trinajstić information content (AvgIpc) is 2.19. The van der Waals surface area contributed by atoms with Gasteiger partial charge in [0, 0.05) is 16.5 Å². The Morgan fingerprint density at radius 1 is 0.688 bits per heavy atom. The molecule has 9 nitrogen and oxygen atoms in total. The number of hydrogen-bond donors (Lipinski definition) is 6. The fourth-order valence-corrected chi connectivity index (χ4v) is 0. The quantitative estimate of drug-likeness (QED) is 0.295. The van der Waals surface area contributed by atoms with Gasteiger partial charge in [-0.15, -0.1) is 0 Å². The van der Waals surface area contributed by atoms with E-state index in [1.54, 1.807) is 0 Å². The van der Waals surface area contributed by atoms with Crippen LogP contribution in [0.4, 0.5) is 0 Å². The van der Waals surface area contributed by atoms with Crippen LogP contribution in [0.5, 0.6) is 0 Å². The summed E-state index contributed by atoms with van der Waals surface area (Å²) in [5.41, 5.74) is 13.7. The molecule has 0 saturated carbocycles. The van der Waals surface area contributed by atoms with Crippen molar-refractivity contribution < 1.29 is 46.2 Å². The third-order valence-electron chi connectivity index (χ3n) is 0.524. The Kier molecular flexibility index (Phi) is 29.2. The minimum Gasteiger partial charge on any atom is -0.480 e. The summed E-state index contributed by atoms with van der Waals surface area (Å²) in [5.74, 6) is -2.90. The Hall–Kier alpha value is -1.22. The van der Waals surface area contributed by atoms with E-state index in [0.717, 1.165) is 0 Å². The number of rotatable bonds is 3. The molecule has 9 N–H and O–H groups in total. The fourth-order valence-electron chi connectivity index (χ4n) is 0. The van der Waals surface area contributed by atoms with Crippen molar-refractivity contribution in [3.05, 3.63) is 0 Å². The Bertz CT molecular complexity index is 167. The third-order valence-corrected chi connectivity index (χ3v) is 0.524. The van der Waals surface area contributed by atoms with Gasteiger partial charge in [-0.1, -0.05) is 0 Å². The first-order chi connectivity index (χ1) is 6.81. The van der Waals surface area contributed by atoms with Crippen molar-refractivity contribution in [2.45, 2.75) is 0 Å². The zero-order chi connectivity index (χ0) is 12.9. The van der Waals surface area contributed by atoms with E-state index in [1.807, 2.05) is 0 Å². The van der Waals surface area contributed by atoms with E-state index in [4.69, 9.17) is 15.3 Å². The van der Waals surface area contributed by atoms with Gasteiger partial charge < -0.3 is 32.5 Å². The minimum absolute atomic E-state index is 0. The van der Waals surface area contributed by atoms with E-state index in [-0.39, 0.29) is 36.1 Å². The molecule has 0 atom stereocenters. The van der Waals surface area contributed by atoms with E-state index in [1.165, 1.54) is 0 Å². The first-order valence-corrected chi connectivity index (χ1v) is 3.57. The number of carboxylic acids is 3. The van der Waals surface area contributed by atoms with Gasteiger partial charge in [-0.25, -0.2) is 0 Å². The molecule has 0 radical (unpaired) electrons. The summed E-state index contributed by atoms with van der Waals surface area (Å²) in [6.07, 6.45) is 0. The Labute approximate surface area is 102 Å². The van der Waals surface area contributed by atoms with Crippen molar-refractivity contribution in [2.75, 3.05) is 19.6 Å². The molecule has 0 aliphatic carbocycles. The number of carboxylic acid groups (broad SMARTS) is 3. The number of aliphatic carboxylic acids is 3. The van der Waals surface area contributed by atoms with Gasteiger partial charge in [-0.2, -0.15) is 0 Å². The van der Waals surface area contributed by atoms with Crippen LogP contribution in [-0.4, -0.2) is 52.9 Å². The molecule has 16 heavy (non-hydrogen) atoms. The van der Waals surface area contributed by atoms with Crippen molar-refractivity contribution in [2.24, 2.45) is 17.2 Å². The fraction of sp³-hybridized carbons (Fsp3) is 0.500. The molecule has 0 bridgehead atoms. The van der Waals surface area contributed by atoms with Crippen LogP contribution in [0.2, 0.25) is 0 Å². The molecule has 0 aliphatic heterocycles. The molecule has 0 aliphatic rings. The number of nitrogens with two attached hydrogens (primary N) is 3. The molecule has 0 fully saturated rings. The topological polar surface area (TPSA) is 190 Å². The van der Waals surface area contributed by atoms with E-state index in [9.17, 15) is 14.4 Å². The van der Waals surface area contributed by atoms with Gasteiger partial charge in [0.1, 0.15) is 0 Å². The molecule has 0 saturated heterocycles. The summed E-state index contributed by atoms with van der Waals surface area (Å²) in [5, 5.41) is 22.8. The molecule has 0 amide bonds. The molecule has 0 spiro atoms. The zero-order valence-corrected chi connectivity index (χ0v) is 9.22. The van der Waals surface area contributed by atoms with Crippen molar-refractivity contribution >= 4 is 17.9 Å². The molecule has 0 aromatic heterocycles. The molecule has 0 unspecified atom stereocenters. The molecule has 0 aromatic carbocycles. The third kappa shape index (κ3) is 77.6. The zero-order valence-electron chi connectivity index (χ0n) is 8.24. The normalized spacial score (nSPS) is 6.94. The molecule has 100 valence electrons. The Morgan fingerprint density at radius 3 is 0.750 bits per heavy atom. The summed E-state index contributed by atoms with van der Waals surface area (Å²) in [7, 11) is 0. The van der Waals surface area contributed by atoms with Gasteiger partial charge in [0.05, 0.1) is 19.6 Å². The first-order valence-electron chi connectivity index (χ1n) is 3.57. The Morgan fingerprint density at radius 2 is 0.750 bits per heavy atom. The van der Waals surface area contributed by atoms with Gasteiger partial charge in [0.15, 0.2) is 0 Å². The smallest absolute Gasteiger partial charge is 0.317 e. The SMILES string of the molecule is NCC(=O)O.NCC(=O)O.NCC(=O)O.[Ni]. The second-order valence-electron chi connectivity index (χ2n) is 1.79. The van der Waals surface area contributed by atoms with Gasteiger partial charge in [-0.05, 0) is 0 Å². The Balaban J connectivity index is -0.0000000655. The predicted molar refractivity (Wildman–Crippen MR) is 50.1 cm³/mol. The second kappa shape index (κ2) is 19.4. The summed E-state index contributed by atoms with van der Waals surface area (Å²) >= 11 is 0. The van der Waals surface area contributed by atoms with Crippen molar-refractivity contribution in [1.29, 1.82) is 0 Å². The summed E-state index contributed by atoms with van der Waals surface area (Å²) in [6.45, 7) is -0.833. The number of carbonyl (C=O) groups is 3. The summed E-state index contributed by atoms with van der Waals surface area (Å²) in [4.78, 5) is 27.7. The minimum atomic E-state index is -0.968. The van der Waals surface area contributed by atoms with Crippen LogP contribution in [0.15, 0.2) is 0 Å². The maximum Gasteiger partial charge on any atom is 0.317 e. The van der Waals surface area contributed by atoms with E-state index >= 15 is 0 Å². The molecule has 10 heteroatoms. The van der Waals surface area contributed by atoms with Crippen LogP contribution in [-0.2, 0) is 30.9 Å². The molecular weight excluding hydrogens is 269 g/mol. The van der Waals surface area contributed by atoms with Crippen LogP contribution in [0.25, 0.3) is 0 Å². The van der Waals surface area contributed by atoms with Gasteiger partial charge >= 0.3 is 17.9 Å². The van der Waals surface area contributed by atoms with Gasteiger partial charge in [-0.3, -0.25) is 14.4 Å². The number of hydrogen-bond acceptors (Lipinski definition) is 6. The largest absolute Gasteiger partial charge is 0.480 e. The van der Waals surface area contributed by atoms with E-state index in [2.05, 4.69) is 17.2 Å². The van der Waals surface area contributed by atoms with E-state index in [0.29, 0.717) is 0 Å². The molecule has 0 aromatic rings. The van der Waals surface area contributed by atoms with Gasteiger partial charge in [0.25, 0.3) is 0 Å². The van der Waals surface area contributed by atoms with Crippen LogP contribution >= 0.6 is 0 Å². The van der Waals surface area contributed by atoms with Gasteiger partial charge in [0.2, 0.25) is 0 Å². The standard InChI is InChI=1S/3C2H5NO2.Ni/c3*3-1-2(4)5;/h3*1,3H2,(H,4,5);. The molecule has 0 heterocycles. The summed E-state index contributed by atoms with van der Waals surface area (Å²) < 4.78 is 0. The monoisotopic (exact) mass is 283 g/mol. The van der Waals surface area contributed by atoms with E-state index < -0.39 is 17.9 Å². The first kappa shape index (κ1) is 24.2.